The summed E-state index contributed by atoms with van der Waals surface area (Å²) in [7, 11) is 1.73. The van der Waals surface area contributed by atoms with Crippen molar-refractivity contribution in [2.75, 3.05) is 10.6 Å². The highest BCUT2D eigenvalue weighted by Crippen LogP contribution is 2.41. The molecule has 4 heterocycles. The minimum absolute atomic E-state index is 0.0732. The van der Waals surface area contributed by atoms with Gasteiger partial charge in [0, 0.05) is 25.2 Å². The van der Waals surface area contributed by atoms with Crippen molar-refractivity contribution in [1.82, 2.24) is 34.2 Å². The summed E-state index contributed by atoms with van der Waals surface area (Å²) in [6, 6.07) is 0.980. The average Bonchev–Trinajstić information content (AvgIpc) is 3.35. The Balaban J connectivity index is 1.49. The Morgan fingerprint density at radius 3 is 2.36 bits per heavy atom. The lowest BCUT2D eigenvalue weighted by atomic mass is 10.2. The van der Waals surface area contributed by atoms with Crippen LogP contribution in [0.25, 0.3) is 5.65 Å². The minimum atomic E-state index is -4.68. The predicted molar refractivity (Wildman–Crippen MR) is 122 cm³/mol. The van der Waals surface area contributed by atoms with E-state index in [-0.39, 0.29) is 34.2 Å². The molecule has 2 amide bonds. The van der Waals surface area contributed by atoms with Crippen LogP contribution in [0.15, 0.2) is 24.7 Å². The van der Waals surface area contributed by atoms with Crippen LogP contribution < -0.4 is 10.6 Å². The lowest BCUT2D eigenvalue weighted by Crippen LogP contribution is -2.21. The van der Waals surface area contributed by atoms with Crippen molar-refractivity contribution < 1.29 is 22.8 Å². The molecule has 188 valence electrons. The van der Waals surface area contributed by atoms with Crippen molar-refractivity contribution >= 4 is 28.8 Å². The molecule has 11 nitrogen and oxygen atoms in total. The van der Waals surface area contributed by atoms with Crippen molar-refractivity contribution in [3.05, 3.63) is 53.0 Å². The van der Waals surface area contributed by atoms with Gasteiger partial charge in [0.05, 0.1) is 35.7 Å². The second-order valence-corrected chi connectivity index (χ2v) is 8.53. The molecule has 0 radical (unpaired) electrons. The van der Waals surface area contributed by atoms with E-state index in [9.17, 15) is 22.8 Å². The number of aryl methyl sites for hydroxylation is 2. The van der Waals surface area contributed by atoms with E-state index in [1.807, 2.05) is 0 Å². The standard InChI is InChI=1S/C22H22F3N9O2/c1-4-33-18(21(36)30-15-9-26-32(3)11(15)2)16(10-27-33)31-20(35)13-8-28-34-17(22(23,24)25)7-14(12-5-6-12)29-19(13)34/h7-10,12H,4-6H2,1-3H3,(H,30,36)(H,31,35). The monoisotopic (exact) mass is 501 g/mol. The lowest BCUT2D eigenvalue weighted by molar-refractivity contribution is -0.142. The SMILES string of the molecule is CCn1ncc(NC(=O)c2cnn3c(C(F)(F)F)cc(C4CC4)nc23)c1C(=O)Nc1cnn(C)c1C. The number of hydrogen-bond acceptors (Lipinski definition) is 6. The zero-order valence-corrected chi connectivity index (χ0v) is 19.6. The third-order valence-electron chi connectivity index (χ3n) is 6.11. The maximum atomic E-state index is 13.7. The van der Waals surface area contributed by atoms with E-state index in [0.717, 1.165) is 30.8 Å². The molecule has 0 spiro atoms. The number of hydrogen-bond donors (Lipinski definition) is 2. The fourth-order valence-electron chi connectivity index (χ4n) is 3.88. The first-order valence-electron chi connectivity index (χ1n) is 11.2. The van der Waals surface area contributed by atoms with Crippen LogP contribution in [-0.4, -0.2) is 46.0 Å². The van der Waals surface area contributed by atoms with E-state index in [1.54, 1.807) is 25.6 Å². The molecule has 0 aliphatic heterocycles. The number of carbonyl (C=O) groups is 2. The van der Waals surface area contributed by atoms with Gasteiger partial charge in [-0.25, -0.2) is 9.50 Å². The molecular formula is C22H22F3N9O2. The summed E-state index contributed by atoms with van der Waals surface area (Å²) in [5.41, 5.74) is 0.298. The van der Waals surface area contributed by atoms with Gasteiger partial charge in [-0.3, -0.25) is 19.0 Å². The molecule has 1 aliphatic carbocycles. The number of rotatable bonds is 6. The van der Waals surface area contributed by atoms with E-state index in [2.05, 4.69) is 30.9 Å². The topological polar surface area (TPSA) is 124 Å². The van der Waals surface area contributed by atoms with Gasteiger partial charge in [-0.2, -0.15) is 28.5 Å². The number of anilines is 2. The average molecular weight is 501 g/mol. The third-order valence-corrected chi connectivity index (χ3v) is 6.11. The normalized spacial score (nSPS) is 13.8. The van der Waals surface area contributed by atoms with Gasteiger partial charge in [0.2, 0.25) is 0 Å². The van der Waals surface area contributed by atoms with Gasteiger partial charge in [-0.15, -0.1) is 0 Å². The molecule has 0 aromatic carbocycles. The first-order valence-corrected chi connectivity index (χ1v) is 11.2. The Kier molecular flexibility index (Phi) is 5.53. The smallest absolute Gasteiger partial charge is 0.318 e. The zero-order valence-electron chi connectivity index (χ0n) is 19.6. The van der Waals surface area contributed by atoms with Crippen molar-refractivity contribution in [2.24, 2.45) is 7.05 Å². The molecule has 0 unspecified atom stereocenters. The summed E-state index contributed by atoms with van der Waals surface area (Å²) in [6.45, 7) is 3.90. The van der Waals surface area contributed by atoms with E-state index in [0.29, 0.717) is 16.7 Å². The molecule has 0 atom stereocenters. The molecule has 2 N–H and O–H groups in total. The Hall–Kier alpha value is -4.23. The quantitative estimate of drug-likeness (QED) is 0.417. The van der Waals surface area contributed by atoms with Gasteiger partial charge >= 0.3 is 6.18 Å². The number of alkyl halides is 3. The van der Waals surface area contributed by atoms with Gasteiger partial charge < -0.3 is 10.6 Å². The second-order valence-electron chi connectivity index (χ2n) is 8.53. The number of amides is 2. The van der Waals surface area contributed by atoms with Crippen molar-refractivity contribution in [3.8, 4) is 0 Å². The Morgan fingerprint density at radius 1 is 1.06 bits per heavy atom. The van der Waals surface area contributed by atoms with Crippen LogP contribution >= 0.6 is 0 Å². The van der Waals surface area contributed by atoms with Crippen LogP contribution in [0.2, 0.25) is 0 Å². The predicted octanol–water partition coefficient (Wildman–Crippen LogP) is 3.39. The van der Waals surface area contributed by atoms with Crippen LogP contribution in [-0.2, 0) is 19.8 Å². The van der Waals surface area contributed by atoms with E-state index in [4.69, 9.17) is 0 Å². The van der Waals surface area contributed by atoms with Gasteiger partial charge in [-0.1, -0.05) is 0 Å². The summed E-state index contributed by atoms with van der Waals surface area (Å²) < 4.78 is 44.7. The number of aromatic nitrogens is 7. The summed E-state index contributed by atoms with van der Waals surface area (Å²) in [4.78, 5) is 30.6. The Morgan fingerprint density at radius 2 is 1.75 bits per heavy atom. The summed E-state index contributed by atoms with van der Waals surface area (Å²) in [5.74, 6) is -1.37. The lowest BCUT2D eigenvalue weighted by Gasteiger charge is -2.11. The van der Waals surface area contributed by atoms with Crippen molar-refractivity contribution in [3.63, 3.8) is 0 Å². The summed E-state index contributed by atoms with van der Waals surface area (Å²) >= 11 is 0. The van der Waals surface area contributed by atoms with Crippen molar-refractivity contribution in [1.29, 1.82) is 0 Å². The molecule has 4 aromatic heterocycles. The molecule has 0 bridgehead atoms. The van der Waals surface area contributed by atoms with Crippen LogP contribution in [0.3, 0.4) is 0 Å². The molecule has 36 heavy (non-hydrogen) atoms. The fraction of sp³-hybridized carbons (Fsp3) is 0.364. The maximum absolute atomic E-state index is 13.7. The molecular weight excluding hydrogens is 479 g/mol. The van der Waals surface area contributed by atoms with Gasteiger partial charge in [0.1, 0.15) is 17.0 Å². The highest BCUT2D eigenvalue weighted by molar-refractivity contribution is 6.13. The molecule has 1 aliphatic rings. The number of carbonyl (C=O) groups excluding carboxylic acids is 2. The van der Waals surface area contributed by atoms with Gasteiger partial charge in [-0.05, 0) is 32.8 Å². The van der Waals surface area contributed by atoms with Gasteiger partial charge in [0.15, 0.2) is 5.65 Å². The highest BCUT2D eigenvalue weighted by Gasteiger charge is 2.38. The van der Waals surface area contributed by atoms with E-state index >= 15 is 0 Å². The summed E-state index contributed by atoms with van der Waals surface area (Å²) in [5, 5.41) is 17.4. The Labute approximate surface area is 202 Å². The molecule has 0 saturated heterocycles. The minimum Gasteiger partial charge on any atom is -0.318 e. The number of nitrogens with zero attached hydrogens (tertiary/aromatic N) is 7. The first-order chi connectivity index (χ1) is 17.1. The van der Waals surface area contributed by atoms with Crippen LogP contribution in [0.4, 0.5) is 24.5 Å². The second kappa shape index (κ2) is 8.46. The van der Waals surface area contributed by atoms with Gasteiger partial charge in [0.25, 0.3) is 11.8 Å². The first kappa shape index (κ1) is 23.5. The fourth-order valence-corrected chi connectivity index (χ4v) is 3.88. The Bertz CT molecular complexity index is 1490. The van der Waals surface area contributed by atoms with Crippen LogP contribution in [0.5, 0.6) is 0 Å². The zero-order chi connectivity index (χ0) is 25.8. The summed E-state index contributed by atoms with van der Waals surface area (Å²) in [6.07, 6.45) is 0.637. The van der Waals surface area contributed by atoms with Crippen molar-refractivity contribution in [2.45, 2.75) is 45.3 Å². The highest BCUT2D eigenvalue weighted by atomic mass is 19.4. The molecule has 5 rings (SSSR count). The third kappa shape index (κ3) is 4.07. The largest absolute Gasteiger partial charge is 0.433 e. The number of halogens is 3. The molecule has 14 heteroatoms. The van der Waals surface area contributed by atoms with E-state index < -0.39 is 23.7 Å². The molecule has 1 saturated carbocycles. The maximum Gasteiger partial charge on any atom is 0.433 e. The molecule has 4 aromatic rings. The van der Waals surface area contributed by atoms with Crippen LogP contribution in [0, 0.1) is 6.92 Å². The van der Waals surface area contributed by atoms with E-state index in [1.165, 1.54) is 17.1 Å². The van der Waals surface area contributed by atoms with Crippen LogP contribution in [0.1, 0.15) is 63.6 Å². The molecule has 1 fully saturated rings. The number of nitrogens with one attached hydrogen (secondary N) is 2. The number of fused-ring (bicyclic) bond motifs is 1.